The Labute approximate surface area is 218 Å². The molecule has 2 aromatic carbocycles. The number of aliphatic hydroxyl groups is 1. The molecule has 2 aromatic rings. The lowest BCUT2D eigenvalue weighted by atomic mass is 9.78. The fraction of sp³-hybridized carbons (Fsp3) is 0.581. The number of carbonyl (C=O) groups is 1. The van der Waals surface area contributed by atoms with Crippen LogP contribution in [0.1, 0.15) is 91.3 Å². The molecular weight excluding hydrogens is 450 g/mol. The zero-order valence-electron chi connectivity index (χ0n) is 23.5. The molecule has 2 rings (SSSR count). The highest BCUT2D eigenvalue weighted by atomic mass is 16.7. The van der Waals surface area contributed by atoms with Crippen LogP contribution in [0.3, 0.4) is 0 Å². The third-order valence-corrected chi connectivity index (χ3v) is 7.38. The van der Waals surface area contributed by atoms with E-state index in [1.165, 1.54) is 0 Å². The van der Waals surface area contributed by atoms with Gasteiger partial charge in [-0.2, -0.15) is 5.06 Å². The van der Waals surface area contributed by atoms with Crippen LogP contribution in [0.5, 0.6) is 0 Å². The van der Waals surface area contributed by atoms with Gasteiger partial charge in [0.15, 0.2) is 5.60 Å². The average molecular weight is 498 g/mol. The maximum Gasteiger partial charge on any atom is 0.340 e. The van der Waals surface area contributed by atoms with Crippen LogP contribution in [0.15, 0.2) is 60.7 Å². The Morgan fingerprint density at radius 1 is 0.917 bits per heavy atom. The Hall–Kier alpha value is -2.21. The smallest absolute Gasteiger partial charge is 0.340 e. The van der Waals surface area contributed by atoms with Gasteiger partial charge in [0, 0.05) is 5.92 Å². The van der Waals surface area contributed by atoms with Crippen LogP contribution in [-0.2, 0) is 14.4 Å². The van der Waals surface area contributed by atoms with Gasteiger partial charge in [-0.05, 0) is 50.2 Å². The van der Waals surface area contributed by atoms with E-state index in [4.69, 9.17) is 9.57 Å². The van der Waals surface area contributed by atoms with Crippen LogP contribution in [0.4, 0.5) is 0 Å². The molecule has 0 bridgehead atoms. The molecule has 0 aliphatic carbocycles. The number of hydrogen-bond donors (Lipinski definition) is 1. The molecule has 5 nitrogen and oxygen atoms in total. The molecule has 4 unspecified atom stereocenters. The van der Waals surface area contributed by atoms with Gasteiger partial charge < -0.3 is 9.84 Å². The zero-order chi connectivity index (χ0) is 26.9. The van der Waals surface area contributed by atoms with Crippen LogP contribution >= 0.6 is 0 Å². The highest BCUT2D eigenvalue weighted by Crippen LogP contribution is 2.42. The molecule has 0 aliphatic heterocycles. The van der Waals surface area contributed by atoms with E-state index in [0.717, 1.165) is 24.0 Å². The van der Waals surface area contributed by atoms with Gasteiger partial charge in [0.25, 0.3) is 0 Å². The van der Waals surface area contributed by atoms with Crippen molar-refractivity contribution in [3.05, 3.63) is 71.8 Å². The lowest BCUT2D eigenvalue weighted by Gasteiger charge is -2.49. The molecule has 0 fully saturated rings. The van der Waals surface area contributed by atoms with E-state index >= 15 is 0 Å². The fourth-order valence-electron chi connectivity index (χ4n) is 4.55. The first kappa shape index (κ1) is 30.0. The van der Waals surface area contributed by atoms with Crippen molar-refractivity contribution in [1.29, 1.82) is 0 Å². The molecule has 4 atom stereocenters. The number of rotatable bonds is 14. The topological polar surface area (TPSA) is 59.0 Å². The van der Waals surface area contributed by atoms with Crippen molar-refractivity contribution in [3.8, 4) is 0 Å². The molecule has 0 saturated carbocycles. The van der Waals surface area contributed by atoms with E-state index < -0.39 is 11.1 Å². The van der Waals surface area contributed by atoms with Crippen LogP contribution in [-0.4, -0.2) is 40.5 Å². The summed E-state index contributed by atoms with van der Waals surface area (Å²) in [6, 6.07) is 20.2. The summed E-state index contributed by atoms with van der Waals surface area (Å²) in [7, 11) is 0. The van der Waals surface area contributed by atoms with Crippen LogP contribution in [0.2, 0.25) is 0 Å². The Bertz CT molecular complexity index is 915. The molecule has 5 heteroatoms. The predicted molar refractivity (Wildman–Crippen MR) is 146 cm³/mol. The maximum atomic E-state index is 13.8. The normalized spacial score (nSPS) is 16.4. The minimum Gasteiger partial charge on any atom is -0.463 e. The monoisotopic (exact) mass is 497 g/mol. The number of hydroxylamine groups is 2. The third-order valence-electron chi connectivity index (χ3n) is 7.38. The fourth-order valence-corrected chi connectivity index (χ4v) is 4.55. The van der Waals surface area contributed by atoms with Crippen molar-refractivity contribution in [2.75, 3.05) is 13.2 Å². The van der Waals surface area contributed by atoms with Gasteiger partial charge in [0.2, 0.25) is 0 Å². The number of esters is 1. The van der Waals surface area contributed by atoms with Gasteiger partial charge in [-0.1, -0.05) is 102 Å². The number of nitrogens with zero attached hydrogens (tertiary/aromatic N) is 1. The summed E-state index contributed by atoms with van der Waals surface area (Å²) >= 11 is 0. The minimum absolute atomic E-state index is 0.0308. The minimum atomic E-state index is -1.28. The van der Waals surface area contributed by atoms with Gasteiger partial charge in [-0.15, -0.1) is 0 Å². The highest BCUT2D eigenvalue weighted by Gasteiger charge is 2.50. The Morgan fingerprint density at radius 3 is 1.92 bits per heavy atom. The molecule has 0 amide bonds. The first-order valence-electron chi connectivity index (χ1n) is 13.4. The molecule has 0 spiro atoms. The van der Waals surface area contributed by atoms with E-state index in [2.05, 4.69) is 58.9 Å². The summed E-state index contributed by atoms with van der Waals surface area (Å²) in [6.45, 7) is 16.5. The van der Waals surface area contributed by atoms with Crippen LogP contribution in [0.25, 0.3) is 0 Å². The van der Waals surface area contributed by atoms with E-state index in [-0.39, 0.29) is 36.4 Å². The maximum absolute atomic E-state index is 13.8. The number of aliphatic hydroxyl groups excluding tert-OH is 1. The summed E-state index contributed by atoms with van der Waals surface area (Å²) in [5, 5.41) is 12.3. The SMILES string of the molecule is CCCCOC(=O)C(C)(ON(C(c1ccccc1)C(C)C)C(C)(C)CO)C(C)C(C)c1ccccc1. The number of unbranched alkanes of at least 4 members (excludes halogenated alkanes) is 1. The van der Waals surface area contributed by atoms with Crippen LogP contribution in [0, 0.1) is 11.8 Å². The second kappa shape index (κ2) is 13.4. The first-order chi connectivity index (χ1) is 17.0. The molecule has 0 aliphatic rings. The van der Waals surface area contributed by atoms with E-state index in [1.807, 2.05) is 62.2 Å². The molecule has 0 saturated heterocycles. The summed E-state index contributed by atoms with van der Waals surface area (Å²) < 4.78 is 5.79. The Kier molecular flexibility index (Phi) is 11.1. The van der Waals surface area contributed by atoms with Gasteiger partial charge in [-0.3, -0.25) is 4.84 Å². The van der Waals surface area contributed by atoms with Gasteiger partial charge >= 0.3 is 5.97 Å². The van der Waals surface area contributed by atoms with E-state index in [0.29, 0.717) is 6.61 Å². The second-order valence-electron chi connectivity index (χ2n) is 11.1. The Morgan fingerprint density at radius 2 is 1.44 bits per heavy atom. The number of hydrogen-bond acceptors (Lipinski definition) is 5. The molecule has 36 heavy (non-hydrogen) atoms. The van der Waals surface area contributed by atoms with E-state index in [9.17, 15) is 9.90 Å². The van der Waals surface area contributed by atoms with Gasteiger partial charge in [-0.25, -0.2) is 4.79 Å². The molecule has 1 N–H and O–H groups in total. The summed E-state index contributed by atoms with van der Waals surface area (Å²) in [5.41, 5.74) is 0.167. The van der Waals surface area contributed by atoms with Crippen molar-refractivity contribution in [2.45, 2.75) is 91.3 Å². The number of benzene rings is 2. The second-order valence-corrected chi connectivity index (χ2v) is 11.1. The highest BCUT2D eigenvalue weighted by molar-refractivity contribution is 5.79. The summed E-state index contributed by atoms with van der Waals surface area (Å²) in [4.78, 5) is 20.6. The van der Waals surface area contributed by atoms with Gasteiger partial charge in [0.05, 0.1) is 24.8 Å². The molecule has 0 radical (unpaired) electrons. The standard InChI is InChI=1S/C31H47NO4/c1-9-10-21-35-29(34)31(8,25(5)24(4)26-17-13-11-14-18-26)36-32(30(6,7)22-33)28(23(2)3)27-19-15-12-16-20-27/h11-20,23-25,28,33H,9-10,21-22H2,1-8H3. The van der Waals surface area contributed by atoms with Crippen molar-refractivity contribution in [2.24, 2.45) is 11.8 Å². The van der Waals surface area contributed by atoms with Gasteiger partial charge in [0.1, 0.15) is 0 Å². The van der Waals surface area contributed by atoms with Crippen molar-refractivity contribution < 1.29 is 19.5 Å². The predicted octanol–water partition coefficient (Wildman–Crippen LogP) is 6.93. The zero-order valence-corrected chi connectivity index (χ0v) is 23.5. The quantitative estimate of drug-likeness (QED) is 0.174. The number of carbonyl (C=O) groups excluding carboxylic acids is 1. The third kappa shape index (κ3) is 7.18. The molecule has 0 heterocycles. The average Bonchev–Trinajstić information content (AvgIpc) is 2.88. The number of ether oxygens (including phenoxy) is 1. The lowest BCUT2D eigenvalue weighted by molar-refractivity contribution is -0.321. The Balaban J connectivity index is 2.58. The van der Waals surface area contributed by atoms with Crippen molar-refractivity contribution >= 4 is 5.97 Å². The first-order valence-corrected chi connectivity index (χ1v) is 13.4. The largest absolute Gasteiger partial charge is 0.463 e. The molecule has 0 aromatic heterocycles. The summed E-state index contributed by atoms with van der Waals surface area (Å²) in [5.74, 6) is -0.404. The summed E-state index contributed by atoms with van der Waals surface area (Å²) in [6.07, 6.45) is 1.74. The molecular formula is C31H47NO4. The van der Waals surface area contributed by atoms with Crippen molar-refractivity contribution in [3.63, 3.8) is 0 Å². The van der Waals surface area contributed by atoms with Crippen LogP contribution < -0.4 is 0 Å². The van der Waals surface area contributed by atoms with E-state index in [1.54, 1.807) is 0 Å². The van der Waals surface area contributed by atoms with Crippen molar-refractivity contribution in [1.82, 2.24) is 5.06 Å². The molecule has 200 valence electrons. The lowest BCUT2D eigenvalue weighted by Crippen LogP contribution is -2.58.